The van der Waals surface area contributed by atoms with E-state index in [1.807, 2.05) is 6.92 Å². The van der Waals surface area contributed by atoms with Crippen molar-refractivity contribution < 1.29 is 4.79 Å². The van der Waals surface area contributed by atoms with E-state index in [1.165, 1.54) is 0 Å². The highest BCUT2D eigenvalue weighted by molar-refractivity contribution is 6.42. The Balaban J connectivity index is 2.07. The number of nitrogens with zero attached hydrogens (tertiary/aromatic N) is 2. The summed E-state index contributed by atoms with van der Waals surface area (Å²) in [5.41, 5.74) is 6.70. The van der Waals surface area contributed by atoms with E-state index in [1.54, 1.807) is 35.1 Å². The molecule has 21 heavy (non-hydrogen) atoms. The van der Waals surface area contributed by atoms with Crippen LogP contribution in [0.1, 0.15) is 23.8 Å². The molecule has 7 heteroatoms. The van der Waals surface area contributed by atoms with Crippen molar-refractivity contribution in [1.29, 1.82) is 0 Å². The average Bonchev–Trinajstić information content (AvgIpc) is 2.91. The summed E-state index contributed by atoms with van der Waals surface area (Å²) in [7, 11) is 0. The lowest BCUT2D eigenvalue weighted by Crippen LogP contribution is -2.29. The Morgan fingerprint density at radius 1 is 1.38 bits per heavy atom. The van der Waals surface area contributed by atoms with Crippen molar-refractivity contribution in [3.63, 3.8) is 0 Å². The van der Waals surface area contributed by atoms with E-state index in [0.717, 1.165) is 12.1 Å². The van der Waals surface area contributed by atoms with Gasteiger partial charge in [0.15, 0.2) is 5.69 Å². The SMILES string of the molecule is CC(N)CCNC(=O)c1ccn(-c2ccc(Cl)c(Cl)c2)n1. The van der Waals surface area contributed by atoms with Gasteiger partial charge < -0.3 is 11.1 Å². The smallest absolute Gasteiger partial charge is 0.271 e. The van der Waals surface area contributed by atoms with Gasteiger partial charge in [0.05, 0.1) is 15.7 Å². The van der Waals surface area contributed by atoms with Gasteiger partial charge in [-0.05, 0) is 37.6 Å². The first-order valence-corrected chi connectivity index (χ1v) is 7.28. The maximum absolute atomic E-state index is 11.9. The Hall–Kier alpha value is -1.56. The lowest BCUT2D eigenvalue weighted by atomic mass is 10.2. The van der Waals surface area contributed by atoms with Gasteiger partial charge in [-0.2, -0.15) is 5.10 Å². The first-order chi connectivity index (χ1) is 9.97. The molecule has 0 radical (unpaired) electrons. The summed E-state index contributed by atoms with van der Waals surface area (Å²) >= 11 is 11.8. The van der Waals surface area contributed by atoms with Crippen LogP contribution in [0.3, 0.4) is 0 Å². The molecule has 0 spiro atoms. The Kier molecular flexibility index (Phi) is 5.22. The summed E-state index contributed by atoms with van der Waals surface area (Å²) < 4.78 is 1.57. The molecule has 1 aromatic heterocycles. The summed E-state index contributed by atoms with van der Waals surface area (Å²) in [5, 5.41) is 7.91. The van der Waals surface area contributed by atoms with Gasteiger partial charge in [-0.3, -0.25) is 4.79 Å². The summed E-state index contributed by atoms with van der Waals surface area (Å²) in [6, 6.07) is 6.85. The van der Waals surface area contributed by atoms with Crippen molar-refractivity contribution in [3.05, 3.63) is 46.2 Å². The van der Waals surface area contributed by atoms with Gasteiger partial charge in [0.2, 0.25) is 0 Å². The van der Waals surface area contributed by atoms with Gasteiger partial charge in [-0.25, -0.2) is 4.68 Å². The maximum atomic E-state index is 11.9. The summed E-state index contributed by atoms with van der Waals surface area (Å²) in [6.45, 7) is 2.42. The molecule has 0 fully saturated rings. The van der Waals surface area contributed by atoms with E-state index in [4.69, 9.17) is 28.9 Å². The Labute approximate surface area is 133 Å². The van der Waals surface area contributed by atoms with Gasteiger partial charge in [0.1, 0.15) is 0 Å². The number of halogens is 2. The Bertz CT molecular complexity index is 640. The lowest BCUT2D eigenvalue weighted by Gasteiger charge is -2.06. The molecule has 112 valence electrons. The molecule has 5 nitrogen and oxygen atoms in total. The highest BCUT2D eigenvalue weighted by Crippen LogP contribution is 2.24. The second kappa shape index (κ2) is 6.93. The standard InChI is InChI=1S/C14H16Cl2N4O/c1-9(17)4-6-18-14(21)13-5-7-20(19-13)10-2-3-11(15)12(16)8-10/h2-3,5,7-9H,4,6,17H2,1H3,(H,18,21). The predicted molar refractivity (Wildman–Crippen MR) is 84.2 cm³/mol. The molecule has 1 atom stereocenters. The molecule has 1 aromatic carbocycles. The van der Waals surface area contributed by atoms with Crippen LogP contribution in [0.4, 0.5) is 0 Å². The number of benzene rings is 1. The second-order valence-electron chi connectivity index (χ2n) is 4.77. The topological polar surface area (TPSA) is 72.9 Å². The van der Waals surface area contributed by atoms with Crippen LogP contribution in [-0.4, -0.2) is 28.3 Å². The fraction of sp³-hybridized carbons (Fsp3) is 0.286. The van der Waals surface area contributed by atoms with E-state index < -0.39 is 0 Å². The van der Waals surface area contributed by atoms with Crippen molar-refractivity contribution in [2.24, 2.45) is 5.73 Å². The zero-order chi connectivity index (χ0) is 15.4. The monoisotopic (exact) mass is 326 g/mol. The number of aromatic nitrogens is 2. The summed E-state index contributed by atoms with van der Waals surface area (Å²) in [5.74, 6) is -0.227. The molecule has 1 heterocycles. The van der Waals surface area contributed by atoms with Crippen LogP contribution in [0.15, 0.2) is 30.5 Å². The molecule has 2 rings (SSSR count). The van der Waals surface area contributed by atoms with E-state index in [-0.39, 0.29) is 11.9 Å². The van der Waals surface area contributed by atoms with Crippen LogP contribution in [0.5, 0.6) is 0 Å². The van der Waals surface area contributed by atoms with E-state index in [9.17, 15) is 4.79 Å². The maximum Gasteiger partial charge on any atom is 0.271 e. The van der Waals surface area contributed by atoms with Crippen molar-refractivity contribution in [3.8, 4) is 5.69 Å². The average molecular weight is 327 g/mol. The second-order valence-corrected chi connectivity index (χ2v) is 5.58. The third-order valence-corrected chi connectivity index (χ3v) is 3.61. The number of nitrogens with two attached hydrogens (primary N) is 1. The summed E-state index contributed by atoms with van der Waals surface area (Å²) in [4.78, 5) is 11.9. The zero-order valence-electron chi connectivity index (χ0n) is 11.5. The highest BCUT2D eigenvalue weighted by atomic mass is 35.5. The molecule has 2 aromatic rings. The Morgan fingerprint density at radius 2 is 2.14 bits per heavy atom. The van der Waals surface area contributed by atoms with Gasteiger partial charge in [-0.15, -0.1) is 0 Å². The molecule has 1 unspecified atom stereocenters. The van der Waals surface area contributed by atoms with Crippen LogP contribution in [0.2, 0.25) is 10.0 Å². The van der Waals surface area contributed by atoms with E-state index in [0.29, 0.717) is 22.3 Å². The Morgan fingerprint density at radius 3 is 2.81 bits per heavy atom. The van der Waals surface area contributed by atoms with E-state index >= 15 is 0 Å². The molecule has 0 aliphatic rings. The van der Waals surface area contributed by atoms with Crippen molar-refractivity contribution >= 4 is 29.1 Å². The van der Waals surface area contributed by atoms with Crippen molar-refractivity contribution in [2.75, 3.05) is 6.54 Å². The summed E-state index contributed by atoms with van der Waals surface area (Å²) in [6.07, 6.45) is 2.42. The van der Waals surface area contributed by atoms with Crippen molar-refractivity contribution in [1.82, 2.24) is 15.1 Å². The van der Waals surface area contributed by atoms with Crippen LogP contribution in [0, 0.1) is 0 Å². The van der Waals surface area contributed by atoms with Crippen LogP contribution >= 0.6 is 23.2 Å². The lowest BCUT2D eigenvalue weighted by molar-refractivity contribution is 0.0947. The van der Waals surface area contributed by atoms with Gasteiger partial charge in [0.25, 0.3) is 5.91 Å². The molecular weight excluding hydrogens is 311 g/mol. The number of carbonyl (C=O) groups is 1. The predicted octanol–water partition coefficient (Wildman–Crippen LogP) is 2.65. The number of nitrogens with one attached hydrogen (secondary N) is 1. The molecule has 0 saturated heterocycles. The number of carbonyl (C=O) groups excluding carboxylic acids is 1. The molecule has 0 aliphatic carbocycles. The minimum atomic E-state index is -0.227. The van der Waals surface area contributed by atoms with E-state index in [2.05, 4.69) is 10.4 Å². The number of hydrogen-bond donors (Lipinski definition) is 2. The zero-order valence-corrected chi connectivity index (χ0v) is 13.0. The first-order valence-electron chi connectivity index (χ1n) is 6.52. The minimum Gasteiger partial charge on any atom is -0.351 e. The first kappa shape index (κ1) is 15.8. The van der Waals surface area contributed by atoms with Gasteiger partial charge >= 0.3 is 0 Å². The van der Waals surface area contributed by atoms with Crippen LogP contribution in [-0.2, 0) is 0 Å². The third kappa shape index (κ3) is 4.20. The fourth-order valence-electron chi connectivity index (χ4n) is 1.72. The number of hydrogen-bond acceptors (Lipinski definition) is 3. The minimum absolute atomic E-state index is 0.0547. The number of rotatable bonds is 5. The molecule has 1 amide bonds. The van der Waals surface area contributed by atoms with Gasteiger partial charge in [0, 0.05) is 18.8 Å². The molecule has 0 bridgehead atoms. The van der Waals surface area contributed by atoms with Crippen LogP contribution < -0.4 is 11.1 Å². The normalized spacial score (nSPS) is 12.2. The fourth-order valence-corrected chi connectivity index (χ4v) is 2.01. The largest absolute Gasteiger partial charge is 0.351 e. The quantitative estimate of drug-likeness (QED) is 0.887. The van der Waals surface area contributed by atoms with Crippen molar-refractivity contribution in [2.45, 2.75) is 19.4 Å². The van der Waals surface area contributed by atoms with Crippen LogP contribution in [0.25, 0.3) is 5.69 Å². The highest BCUT2D eigenvalue weighted by Gasteiger charge is 2.10. The molecular formula is C14H16Cl2N4O. The third-order valence-electron chi connectivity index (χ3n) is 2.87. The molecule has 0 saturated carbocycles. The van der Waals surface area contributed by atoms with Gasteiger partial charge in [-0.1, -0.05) is 23.2 Å². The molecule has 3 N–H and O–H groups in total. The molecule has 0 aliphatic heterocycles. The number of amides is 1.